The van der Waals surface area contributed by atoms with Crippen molar-refractivity contribution in [1.82, 2.24) is 24.1 Å². The molecule has 6 heteroatoms. The van der Waals surface area contributed by atoms with Crippen molar-refractivity contribution >= 4 is 65.4 Å². The molecule has 4 aromatic heterocycles. The number of H-pyrrole nitrogens is 1. The molecule has 4 heterocycles. The SMILES string of the molecule is O=c1[nH]c2ccccc2c2c1c1cc3c4ccccc4n(-c4nc(-c5ccccc5)c5ccccc5n4)c3cc1n2-c1ccccc1. The summed E-state index contributed by atoms with van der Waals surface area (Å²) in [5, 5.41) is 5.67. The molecular formula is C41H25N5O. The average molecular weight is 604 g/mol. The third-order valence-corrected chi connectivity index (χ3v) is 9.27. The van der Waals surface area contributed by atoms with Gasteiger partial charge in [-0.05, 0) is 42.5 Å². The number of nitrogens with one attached hydrogen (secondary N) is 1. The highest BCUT2D eigenvalue weighted by Gasteiger charge is 2.23. The number of aromatic amines is 1. The van der Waals surface area contributed by atoms with E-state index < -0.39 is 0 Å². The van der Waals surface area contributed by atoms with Crippen molar-refractivity contribution < 1.29 is 0 Å². The fourth-order valence-corrected chi connectivity index (χ4v) is 7.26. The first-order valence-corrected chi connectivity index (χ1v) is 15.6. The fourth-order valence-electron chi connectivity index (χ4n) is 7.26. The van der Waals surface area contributed by atoms with Gasteiger partial charge < -0.3 is 9.55 Å². The number of aromatic nitrogens is 5. The first kappa shape index (κ1) is 25.8. The summed E-state index contributed by atoms with van der Waals surface area (Å²) in [6.45, 7) is 0. The summed E-state index contributed by atoms with van der Waals surface area (Å²) in [4.78, 5) is 27.4. The van der Waals surface area contributed by atoms with Gasteiger partial charge in [-0.15, -0.1) is 0 Å². The lowest BCUT2D eigenvalue weighted by Crippen LogP contribution is -2.06. The van der Waals surface area contributed by atoms with Gasteiger partial charge in [0.2, 0.25) is 5.95 Å². The van der Waals surface area contributed by atoms with Crippen LogP contribution in [0.15, 0.2) is 150 Å². The average Bonchev–Trinajstić information content (AvgIpc) is 3.64. The summed E-state index contributed by atoms with van der Waals surface area (Å²) in [5.74, 6) is 0.596. The maximum absolute atomic E-state index is 13.9. The van der Waals surface area contributed by atoms with Crippen LogP contribution < -0.4 is 5.56 Å². The highest BCUT2D eigenvalue weighted by Crippen LogP contribution is 2.40. The van der Waals surface area contributed by atoms with Crippen LogP contribution in [0.4, 0.5) is 0 Å². The van der Waals surface area contributed by atoms with Crippen LogP contribution in [-0.2, 0) is 0 Å². The van der Waals surface area contributed by atoms with E-state index in [4.69, 9.17) is 9.97 Å². The molecule has 0 saturated carbocycles. The van der Waals surface area contributed by atoms with E-state index in [0.29, 0.717) is 11.3 Å². The smallest absolute Gasteiger partial charge is 0.258 e. The molecule has 47 heavy (non-hydrogen) atoms. The summed E-state index contributed by atoms with van der Waals surface area (Å²) in [6, 6.07) is 49.5. The highest BCUT2D eigenvalue weighted by molar-refractivity contribution is 6.22. The van der Waals surface area contributed by atoms with Gasteiger partial charge in [-0.25, -0.2) is 9.97 Å². The Kier molecular flexibility index (Phi) is 5.33. The number of rotatable bonds is 3. The van der Waals surface area contributed by atoms with Gasteiger partial charge in [-0.2, -0.15) is 0 Å². The molecule has 0 radical (unpaired) electrons. The summed E-state index contributed by atoms with van der Waals surface area (Å²) < 4.78 is 4.39. The molecular weight excluding hydrogens is 578 g/mol. The third-order valence-electron chi connectivity index (χ3n) is 9.27. The second-order valence-electron chi connectivity index (χ2n) is 11.9. The molecule has 10 rings (SSSR count). The second-order valence-corrected chi connectivity index (χ2v) is 11.9. The Bertz CT molecular complexity index is 2920. The number of fused-ring (bicyclic) bond motifs is 9. The van der Waals surface area contributed by atoms with E-state index >= 15 is 0 Å². The lowest BCUT2D eigenvalue weighted by atomic mass is 10.1. The Labute approximate surface area is 267 Å². The molecule has 0 aliphatic carbocycles. The molecule has 1 N–H and O–H groups in total. The molecule has 6 nitrogen and oxygen atoms in total. The topological polar surface area (TPSA) is 68.5 Å². The first-order chi connectivity index (χ1) is 23.2. The monoisotopic (exact) mass is 603 g/mol. The molecule has 0 fully saturated rings. The maximum Gasteiger partial charge on any atom is 0.258 e. The molecule has 0 unspecified atom stereocenters. The van der Waals surface area contributed by atoms with Crippen LogP contribution in [0, 0.1) is 0 Å². The van der Waals surface area contributed by atoms with E-state index in [9.17, 15) is 4.79 Å². The molecule has 0 spiro atoms. The Balaban J connectivity index is 1.40. The second kappa shape index (κ2) is 9.73. The van der Waals surface area contributed by atoms with Gasteiger partial charge in [-0.3, -0.25) is 9.36 Å². The molecule has 6 aromatic carbocycles. The minimum absolute atomic E-state index is 0.105. The quantitative estimate of drug-likeness (QED) is 0.219. The van der Waals surface area contributed by atoms with Gasteiger partial charge in [0.15, 0.2) is 0 Å². The maximum atomic E-state index is 13.9. The minimum Gasteiger partial charge on any atom is -0.321 e. The Morgan fingerprint density at radius 3 is 2.00 bits per heavy atom. The van der Waals surface area contributed by atoms with Crippen molar-refractivity contribution in [2.24, 2.45) is 0 Å². The van der Waals surface area contributed by atoms with Gasteiger partial charge in [0.1, 0.15) is 0 Å². The highest BCUT2D eigenvalue weighted by atomic mass is 16.1. The molecule has 0 atom stereocenters. The standard InChI is InChI=1S/C41H25N5O/c47-40-37-31-23-30-27-17-9-12-22-34(27)46(41-43-32-20-10-7-18-28(32)38(44-41)25-13-3-1-4-14-25)35(30)24-36(31)45(26-15-5-2-6-16-26)39(37)29-19-8-11-21-33(29)42-40/h1-24H,(H,42,47). The Morgan fingerprint density at radius 1 is 0.511 bits per heavy atom. The Hall–Kier alpha value is -6.53. The predicted molar refractivity (Wildman–Crippen MR) is 192 cm³/mol. The summed E-state index contributed by atoms with van der Waals surface area (Å²) in [6.07, 6.45) is 0. The minimum atomic E-state index is -0.105. The van der Waals surface area contributed by atoms with Crippen molar-refractivity contribution in [2.75, 3.05) is 0 Å². The molecule has 0 bridgehead atoms. The van der Waals surface area contributed by atoms with Crippen LogP contribution >= 0.6 is 0 Å². The van der Waals surface area contributed by atoms with E-state index in [0.717, 1.165) is 77.0 Å². The first-order valence-electron chi connectivity index (χ1n) is 15.6. The molecule has 10 aromatic rings. The van der Waals surface area contributed by atoms with Crippen LogP contribution in [0.25, 0.3) is 88.3 Å². The lowest BCUT2D eigenvalue weighted by Gasteiger charge is -2.12. The summed E-state index contributed by atoms with van der Waals surface area (Å²) in [5.41, 5.74) is 8.28. The van der Waals surface area contributed by atoms with E-state index in [2.05, 4.69) is 80.8 Å². The van der Waals surface area contributed by atoms with Gasteiger partial charge in [0.05, 0.1) is 44.2 Å². The van der Waals surface area contributed by atoms with Crippen molar-refractivity contribution in [3.8, 4) is 22.9 Å². The van der Waals surface area contributed by atoms with Crippen molar-refractivity contribution in [3.05, 3.63) is 156 Å². The fraction of sp³-hybridized carbons (Fsp3) is 0. The van der Waals surface area contributed by atoms with E-state index in [1.165, 1.54) is 0 Å². The zero-order chi connectivity index (χ0) is 31.1. The number of benzene rings is 6. The molecule has 220 valence electrons. The summed E-state index contributed by atoms with van der Waals surface area (Å²) >= 11 is 0. The van der Waals surface area contributed by atoms with Crippen LogP contribution in [-0.4, -0.2) is 24.1 Å². The number of hydrogen-bond donors (Lipinski definition) is 1. The van der Waals surface area contributed by atoms with Crippen LogP contribution in [0.5, 0.6) is 0 Å². The van der Waals surface area contributed by atoms with Gasteiger partial charge in [-0.1, -0.05) is 103 Å². The zero-order valence-corrected chi connectivity index (χ0v) is 25.1. The van der Waals surface area contributed by atoms with Crippen molar-refractivity contribution in [3.63, 3.8) is 0 Å². The largest absolute Gasteiger partial charge is 0.321 e. The van der Waals surface area contributed by atoms with Gasteiger partial charge in [0.25, 0.3) is 5.56 Å². The number of hydrogen-bond acceptors (Lipinski definition) is 3. The molecule has 0 aliphatic rings. The third kappa shape index (κ3) is 3.69. The van der Waals surface area contributed by atoms with E-state index in [1.54, 1.807) is 0 Å². The Morgan fingerprint density at radius 2 is 1.17 bits per heavy atom. The summed E-state index contributed by atoms with van der Waals surface area (Å²) in [7, 11) is 0. The van der Waals surface area contributed by atoms with E-state index in [-0.39, 0.29) is 5.56 Å². The molecule has 0 aliphatic heterocycles. The van der Waals surface area contributed by atoms with E-state index in [1.807, 2.05) is 78.9 Å². The number of pyridine rings is 1. The van der Waals surface area contributed by atoms with Crippen molar-refractivity contribution in [2.45, 2.75) is 0 Å². The molecule has 0 amide bonds. The lowest BCUT2D eigenvalue weighted by molar-refractivity contribution is 1.01. The van der Waals surface area contributed by atoms with Crippen LogP contribution in [0.1, 0.15) is 0 Å². The van der Waals surface area contributed by atoms with Crippen LogP contribution in [0.2, 0.25) is 0 Å². The number of para-hydroxylation sites is 4. The number of nitrogens with zero attached hydrogens (tertiary/aromatic N) is 4. The molecule has 0 saturated heterocycles. The van der Waals surface area contributed by atoms with Crippen molar-refractivity contribution in [1.29, 1.82) is 0 Å². The van der Waals surface area contributed by atoms with Gasteiger partial charge in [0, 0.05) is 38.2 Å². The van der Waals surface area contributed by atoms with Gasteiger partial charge >= 0.3 is 0 Å². The predicted octanol–water partition coefficient (Wildman–Crippen LogP) is 9.33. The normalized spacial score (nSPS) is 11.9. The van der Waals surface area contributed by atoms with Crippen LogP contribution in [0.3, 0.4) is 0 Å². The zero-order valence-electron chi connectivity index (χ0n) is 25.1.